The van der Waals surface area contributed by atoms with Crippen LogP contribution >= 0.6 is 11.6 Å². The van der Waals surface area contributed by atoms with Gasteiger partial charge in [0.25, 0.3) is 0 Å². The summed E-state index contributed by atoms with van der Waals surface area (Å²) in [5, 5.41) is 13.1. The molecule has 44 heavy (non-hydrogen) atoms. The number of aliphatic carboxylic acids is 1. The molecule has 236 valence electrons. The molecule has 0 aliphatic carbocycles. The van der Waals surface area contributed by atoms with Crippen LogP contribution in [0.1, 0.15) is 51.2 Å². The standard InChI is InChI=1S/C31H35ClF3N5O4/c1-3-24-30(17-23(37-24)28(41)42)10-12-40(13-11-30)25-16-26(39-29(36)38-25)44-27(31(33,34)35)21-9-8-19(32)15-22(21)18-6-5-7-20(14-18)43-4-2/h5-9,14-16,23-24,27,37H,3-4,10-13,17H2,1-2H3,(H,41,42)(H2,36,38,39)/t23?,24?,27-/m1/s1. The van der Waals surface area contributed by atoms with Crippen LogP contribution in [0.15, 0.2) is 48.5 Å². The Labute approximate surface area is 258 Å². The van der Waals surface area contributed by atoms with E-state index in [9.17, 15) is 23.1 Å². The quantitative estimate of drug-likeness (QED) is 0.250. The summed E-state index contributed by atoms with van der Waals surface area (Å²) in [6.45, 7) is 5.30. The molecule has 0 saturated carbocycles. The second-order valence-corrected chi connectivity index (χ2v) is 11.7. The smallest absolute Gasteiger partial charge is 0.429 e. The number of nitrogens with two attached hydrogens (primary N) is 1. The van der Waals surface area contributed by atoms with Crippen LogP contribution in [0.4, 0.5) is 24.9 Å². The van der Waals surface area contributed by atoms with E-state index < -0.39 is 24.3 Å². The van der Waals surface area contributed by atoms with Gasteiger partial charge in [-0.3, -0.25) is 4.79 Å². The number of carboxylic acids is 1. The average molecular weight is 634 g/mol. The first-order valence-corrected chi connectivity index (χ1v) is 14.9. The Kier molecular flexibility index (Phi) is 9.12. The number of piperidine rings is 1. The Bertz CT molecular complexity index is 1500. The number of nitrogens with zero attached hydrogens (tertiary/aromatic N) is 3. The normalized spacial score (nSPS) is 20.5. The van der Waals surface area contributed by atoms with Gasteiger partial charge in [-0.15, -0.1) is 0 Å². The molecule has 0 amide bonds. The van der Waals surface area contributed by atoms with Crippen molar-refractivity contribution in [1.29, 1.82) is 0 Å². The number of alkyl halides is 3. The first-order chi connectivity index (χ1) is 20.9. The molecule has 2 fully saturated rings. The number of anilines is 2. The lowest BCUT2D eigenvalue weighted by molar-refractivity contribution is -0.198. The number of halogens is 4. The minimum atomic E-state index is -4.82. The van der Waals surface area contributed by atoms with Gasteiger partial charge in [-0.25, -0.2) is 0 Å². The number of nitrogens with one attached hydrogen (secondary N) is 1. The maximum absolute atomic E-state index is 14.7. The number of ether oxygens (including phenoxy) is 2. The number of aromatic nitrogens is 2. The van der Waals surface area contributed by atoms with Crippen LogP contribution in [-0.2, 0) is 4.79 Å². The second-order valence-electron chi connectivity index (χ2n) is 11.2. The minimum absolute atomic E-state index is 0.0652. The number of carbonyl (C=O) groups is 1. The minimum Gasteiger partial charge on any atom is -0.494 e. The summed E-state index contributed by atoms with van der Waals surface area (Å²) in [6, 6.07) is 11.7. The number of rotatable bonds is 9. The highest BCUT2D eigenvalue weighted by atomic mass is 35.5. The SMILES string of the molecule is CCOc1cccc(-c2cc(Cl)ccc2[C@@H](Oc2cc(N3CCC4(CC3)CC(C(=O)O)NC4CC)nc(N)n2)C(F)(F)F)c1. The van der Waals surface area contributed by atoms with Crippen molar-refractivity contribution in [1.82, 2.24) is 15.3 Å². The molecule has 3 atom stereocenters. The molecular formula is C31H35ClF3N5O4. The van der Waals surface area contributed by atoms with Crippen molar-refractivity contribution in [2.45, 2.75) is 63.9 Å². The average Bonchev–Trinajstić information content (AvgIpc) is 3.34. The van der Waals surface area contributed by atoms with Gasteiger partial charge in [0.15, 0.2) is 0 Å². The van der Waals surface area contributed by atoms with E-state index in [-0.39, 0.29) is 39.4 Å². The van der Waals surface area contributed by atoms with E-state index in [2.05, 4.69) is 15.3 Å². The van der Waals surface area contributed by atoms with Gasteiger partial charge in [0.1, 0.15) is 17.6 Å². The van der Waals surface area contributed by atoms with Crippen LogP contribution in [-0.4, -0.2) is 59.0 Å². The lowest BCUT2D eigenvalue weighted by Crippen LogP contribution is -2.46. The Morgan fingerprint density at radius 3 is 2.59 bits per heavy atom. The number of hydrogen-bond donors (Lipinski definition) is 3. The molecule has 1 aromatic heterocycles. The van der Waals surface area contributed by atoms with E-state index in [4.69, 9.17) is 26.8 Å². The Morgan fingerprint density at radius 1 is 1.18 bits per heavy atom. The van der Waals surface area contributed by atoms with Gasteiger partial charge in [-0.2, -0.15) is 23.1 Å². The largest absolute Gasteiger partial charge is 0.494 e. The van der Waals surface area contributed by atoms with Crippen LogP contribution in [0, 0.1) is 5.41 Å². The highest BCUT2D eigenvalue weighted by molar-refractivity contribution is 6.30. The van der Waals surface area contributed by atoms with Gasteiger partial charge in [-0.05, 0) is 73.4 Å². The highest BCUT2D eigenvalue weighted by Crippen LogP contribution is 2.46. The molecule has 1 spiro atoms. The van der Waals surface area contributed by atoms with E-state index in [1.807, 2.05) is 18.7 Å². The number of hydrogen-bond acceptors (Lipinski definition) is 8. The first-order valence-electron chi connectivity index (χ1n) is 14.6. The topological polar surface area (TPSA) is 123 Å². The van der Waals surface area contributed by atoms with Crippen LogP contribution in [0.2, 0.25) is 5.02 Å². The van der Waals surface area contributed by atoms with Crippen molar-refractivity contribution >= 4 is 29.3 Å². The van der Waals surface area contributed by atoms with Gasteiger partial charge < -0.3 is 30.5 Å². The highest BCUT2D eigenvalue weighted by Gasteiger charge is 2.50. The summed E-state index contributed by atoms with van der Waals surface area (Å²) in [5.41, 5.74) is 6.35. The Hall–Kier alpha value is -3.77. The fourth-order valence-electron chi connectivity index (χ4n) is 6.48. The third-order valence-corrected chi connectivity index (χ3v) is 8.77. The molecule has 2 aromatic carbocycles. The van der Waals surface area contributed by atoms with E-state index in [0.29, 0.717) is 56.1 Å². The molecule has 4 N–H and O–H groups in total. The van der Waals surface area contributed by atoms with Gasteiger partial charge in [0, 0.05) is 35.8 Å². The molecule has 9 nitrogen and oxygen atoms in total. The summed E-state index contributed by atoms with van der Waals surface area (Å²) in [6.07, 6.45) is -4.49. The molecule has 2 aliphatic heterocycles. The molecule has 5 rings (SSSR count). The monoisotopic (exact) mass is 633 g/mol. The van der Waals surface area contributed by atoms with Crippen LogP contribution < -0.4 is 25.4 Å². The zero-order chi connectivity index (χ0) is 31.6. The van der Waals surface area contributed by atoms with Crippen molar-refractivity contribution in [3.8, 4) is 22.8 Å². The molecule has 3 heterocycles. The van der Waals surface area contributed by atoms with Crippen molar-refractivity contribution < 1.29 is 32.5 Å². The van der Waals surface area contributed by atoms with Crippen LogP contribution in [0.5, 0.6) is 11.6 Å². The van der Waals surface area contributed by atoms with Gasteiger partial charge in [0.2, 0.25) is 17.9 Å². The number of nitrogen functional groups attached to an aromatic ring is 1. The molecule has 0 bridgehead atoms. The van der Waals surface area contributed by atoms with Gasteiger partial charge in [0.05, 0.1) is 6.61 Å². The Morgan fingerprint density at radius 2 is 1.93 bits per heavy atom. The summed E-state index contributed by atoms with van der Waals surface area (Å²) in [5.74, 6) is -0.552. The lowest BCUT2D eigenvalue weighted by atomic mass is 9.71. The number of carboxylic acid groups (broad SMARTS) is 1. The zero-order valence-corrected chi connectivity index (χ0v) is 25.2. The molecule has 2 aliphatic rings. The van der Waals surface area contributed by atoms with E-state index in [0.717, 1.165) is 6.42 Å². The first kappa shape index (κ1) is 31.6. The van der Waals surface area contributed by atoms with E-state index in [1.165, 1.54) is 24.3 Å². The predicted molar refractivity (Wildman–Crippen MR) is 161 cm³/mol. The van der Waals surface area contributed by atoms with Crippen molar-refractivity contribution in [3.05, 3.63) is 59.1 Å². The van der Waals surface area contributed by atoms with E-state index >= 15 is 0 Å². The van der Waals surface area contributed by atoms with Crippen molar-refractivity contribution in [3.63, 3.8) is 0 Å². The van der Waals surface area contributed by atoms with Crippen molar-refractivity contribution in [2.75, 3.05) is 30.3 Å². The summed E-state index contributed by atoms with van der Waals surface area (Å²) < 4.78 is 55.1. The second kappa shape index (κ2) is 12.7. The summed E-state index contributed by atoms with van der Waals surface area (Å²) in [4.78, 5) is 21.9. The van der Waals surface area contributed by atoms with E-state index in [1.54, 1.807) is 24.3 Å². The van der Waals surface area contributed by atoms with Crippen LogP contribution in [0.25, 0.3) is 11.1 Å². The Balaban J connectivity index is 1.42. The van der Waals surface area contributed by atoms with Gasteiger partial charge in [-0.1, -0.05) is 36.7 Å². The number of benzene rings is 2. The molecule has 2 unspecified atom stereocenters. The lowest BCUT2D eigenvalue weighted by Gasteiger charge is -2.43. The zero-order valence-electron chi connectivity index (χ0n) is 24.4. The fraction of sp³-hybridized carbons (Fsp3) is 0.452. The maximum atomic E-state index is 14.7. The molecule has 3 aromatic rings. The van der Waals surface area contributed by atoms with Crippen molar-refractivity contribution in [2.24, 2.45) is 5.41 Å². The van der Waals surface area contributed by atoms with Crippen LogP contribution in [0.3, 0.4) is 0 Å². The molecule has 2 saturated heterocycles. The summed E-state index contributed by atoms with van der Waals surface area (Å²) >= 11 is 6.23. The third-order valence-electron chi connectivity index (χ3n) is 8.54. The maximum Gasteiger partial charge on any atom is 0.429 e. The third kappa shape index (κ3) is 6.66. The predicted octanol–water partition coefficient (Wildman–Crippen LogP) is 6.27. The summed E-state index contributed by atoms with van der Waals surface area (Å²) in [7, 11) is 0. The molecule has 13 heteroatoms. The molecular weight excluding hydrogens is 599 g/mol. The molecule has 0 radical (unpaired) electrons. The van der Waals surface area contributed by atoms with Gasteiger partial charge >= 0.3 is 12.1 Å². The fourth-order valence-corrected chi connectivity index (χ4v) is 6.65.